The number of nitrogens with zero attached hydrogens (tertiary/aromatic N) is 2. The summed E-state index contributed by atoms with van der Waals surface area (Å²) in [5, 5.41) is 0. The van der Waals surface area contributed by atoms with Crippen molar-refractivity contribution in [2.75, 3.05) is 23.5 Å². The van der Waals surface area contributed by atoms with E-state index >= 15 is 0 Å². The highest BCUT2D eigenvalue weighted by Crippen LogP contribution is 2.27. The second kappa shape index (κ2) is 5.74. The average molecular weight is 251 g/mol. The Bertz CT molecular complexity index is 361. The van der Waals surface area contributed by atoms with Crippen molar-refractivity contribution in [2.45, 2.75) is 31.8 Å². The van der Waals surface area contributed by atoms with E-state index in [1.807, 2.05) is 30.9 Å². The molecule has 0 amide bonds. The zero-order chi connectivity index (χ0) is 12.3. The SMILES string of the molecule is CC(N)Cc1cccnc1N(C)C1CCSC1. The Hall–Kier alpha value is -0.740. The molecule has 2 unspecified atom stereocenters. The van der Waals surface area contributed by atoms with Gasteiger partial charge in [0, 0.05) is 31.1 Å². The van der Waals surface area contributed by atoms with Crippen LogP contribution in [-0.4, -0.2) is 35.6 Å². The van der Waals surface area contributed by atoms with Crippen molar-refractivity contribution in [1.29, 1.82) is 0 Å². The molecule has 94 valence electrons. The Morgan fingerprint density at radius 1 is 1.65 bits per heavy atom. The number of anilines is 1. The summed E-state index contributed by atoms with van der Waals surface area (Å²) in [5.74, 6) is 3.59. The van der Waals surface area contributed by atoms with Gasteiger partial charge >= 0.3 is 0 Å². The van der Waals surface area contributed by atoms with Gasteiger partial charge < -0.3 is 10.6 Å². The molecule has 1 aromatic heterocycles. The predicted octanol–water partition coefficient (Wildman–Crippen LogP) is 1.91. The predicted molar refractivity (Wildman–Crippen MR) is 75.7 cm³/mol. The lowest BCUT2D eigenvalue weighted by Gasteiger charge is -2.27. The molecule has 0 spiro atoms. The van der Waals surface area contributed by atoms with Crippen LogP contribution in [0.1, 0.15) is 18.9 Å². The van der Waals surface area contributed by atoms with E-state index in [2.05, 4.69) is 23.0 Å². The van der Waals surface area contributed by atoms with Crippen LogP contribution in [-0.2, 0) is 6.42 Å². The summed E-state index contributed by atoms with van der Waals surface area (Å²) in [6.45, 7) is 2.04. The van der Waals surface area contributed by atoms with Gasteiger partial charge in [0.1, 0.15) is 5.82 Å². The number of hydrogen-bond acceptors (Lipinski definition) is 4. The van der Waals surface area contributed by atoms with Crippen LogP contribution in [0, 0.1) is 0 Å². The van der Waals surface area contributed by atoms with Gasteiger partial charge in [-0.3, -0.25) is 0 Å². The second-order valence-electron chi connectivity index (χ2n) is 4.80. The molecule has 17 heavy (non-hydrogen) atoms. The highest BCUT2D eigenvalue weighted by molar-refractivity contribution is 7.99. The molecule has 0 bridgehead atoms. The molecular formula is C13H21N3S. The summed E-state index contributed by atoms with van der Waals surface area (Å²) in [7, 11) is 2.16. The first kappa shape index (κ1) is 12.7. The van der Waals surface area contributed by atoms with E-state index in [0.717, 1.165) is 12.2 Å². The lowest BCUT2D eigenvalue weighted by Crippen LogP contribution is -2.33. The average Bonchev–Trinajstić information content (AvgIpc) is 2.81. The van der Waals surface area contributed by atoms with E-state index < -0.39 is 0 Å². The van der Waals surface area contributed by atoms with Crippen LogP contribution in [0.3, 0.4) is 0 Å². The Morgan fingerprint density at radius 2 is 2.47 bits per heavy atom. The maximum Gasteiger partial charge on any atom is 0.131 e. The fourth-order valence-corrected chi connectivity index (χ4v) is 3.52. The minimum absolute atomic E-state index is 0.185. The first-order valence-corrected chi connectivity index (χ1v) is 7.34. The highest BCUT2D eigenvalue weighted by atomic mass is 32.2. The highest BCUT2D eigenvalue weighted by Gasteiger charge is 2.22. The lowest BCUT2D eigenvalue weighted by molar-refractivity contribution is 0.677. The number of rotatable bonds is 4. The van der Waals surface area contributed by atoms with E-state index in [0.29, 0.717) is 6.04 Å². The van der Waals surface area contributed by atoms with Crippen LogP contribution < -0.4 is 10.6 Å². The number of nitrogens with two attached hydrogens (primary N) is 1. The van der Waals surface area contributed by atoms with Gasteiger partial charge in [-0.15, -0.1) is 0 Å². The van der Waals surface area contributed by atoms with Crippen LogP contribution in [0.4, 0.5) is 5.82 Å². The molecule has 0 aromatic carbocycles. The van der Waals surface area contributed by atoms with Crippen molar-refractivity contribution in [3.05, 3.63) is 23.9 Å². The molecule has 2 heterocycles. The van der Waals surface area contributed by atoms with Crippen LogP contribution in [0.15, 0.2) is 18.3 Å². The summed E-state index contributed by atoms with van der Waals surface area (Å²) in [4.78, 5) is 6.87. The summed E-state index contributed by atoms with van der Waals surface area (Å²) >= 11 is 2.03. The number of hydrogen-bond donors (Lipinski definition) is 1. The first-order valence-electron chi connectivity index (χ1n) is 6.18. The molecule has 0 saturated carbocycles. The van der Waals surface area contributed by atoms with E-state index in [9.17, 15) is 0 Å². The Kier molecular flexibility index (Phi) is 4.29. The Morgan fingerprint density at radius 3 is 3.12 bits per heavy atom. The van der Waals surface area contributed by atoms with Crippen molar-refractivity contribution in [1.82, 2.24) is 4.98 Å². The molecule has 1 aromatic rings. The van der Waals surface area contributed by atoms with Gasteiger partial charge in [0.25, 0.3) is 0 Å². The number of pyridine rings is 1. The van der Waals surface area contributed by atoms with Gasteiger partial charge in [-0.2, -0.15) is 11.8 Å². The molecule has 3 nitrogen and oxygen atoms in total. The molecule has 2 N–H and O–H groups in total. The van der Waals surface area contributed by atoms with E-state index in [1.165, 1.54) is 23.5 Å². The fraction of sp³-hybridized carbons (Fsp3) is 0.615. The molecule has 1 aliphatic heterocycles. The molecule has 2 atom stereocenters. The van der Waals surface area contributed by atoms with Crippen molar-refractivity contribution >= 4 is 17.6 Å². The second-order valence-corrected chi connectivity index (χ2v) is 5.95. The summed E-state index contributed by atoms with van der Waals surface area (Å²) in [6, 6.07) is 4.95. The van der Waals surface area contributed by atoms with Crippen molar-refractivity contribution in [2.24, 2.45) is 5.73 Å². The normalized spacial score (nSPS) is 21.5. The maximum atomic E-state index is 5.90. The van der Waals surface area contributed by atoms with Crippen LogP contribution in [0.25, 0.3) is 0 Å². The molecule has 4 heteroatoms. The molecule has 1 aliphatic rings. The zero-order valence-corrected chi connectivity index (χ0v) is 11.4. The van der Waals surface area contributed by atoms with Crippen LogP contribution in [0.5, 0.6) is 0 Å². The number of aromatic nitrogens is 1. The quantitative estimate of drug-likeness (QED) is 0.887. The van der Waals surface area contributed by atoms with Crippen molar-refractivity contribution in [3.8, 4) is 0 Å². The third-order valence-electron chi connectivity index (χ3n) is 3.20. The monoisotopic (exact) mass is 251 g/mol. The molecule has 0 aliphatic carbocycles. The molecule has 2 rings (SSSR count). The fourth-order valence-electron chi connectivity index (χ4n) is 2.25. The summed E-state index contributed by atoms with van der Waals surface area (Å²) in [5.41, 5.74) is 7.16. The first-order chi connectivity index (χ1) is 8.18. The standard InChI is InChI=1S/C13H21N3S/c1-10(14)8-11-4-3-6-15-13(11)16(2)12-5-7-17-9-12/h3-4,6,10,12H,5,7-9,14H2,1-2H3. The number of thioether (sulfide) groups is 1. The molecule has 1 saturated heterocycles. The van der Waals surface area contributed by atoms with E-state index in [-0.39, 0.29) is 6.04 Å². The van der Waals surface area contributed by atoms with E-state index in [4.69, 9.17) is 5.73 Å². The maximum absolute atomic E-state index is 5.90. The molecule has 0 radical (unpaired) electrons. The van der Waals surface area contributed by atoms with Crippen molar-refractivity contribution < 1.29 is 0 Å². The minimum atomic E-state index is 0.185. The smallest absolute Gasteiger partial charge is 0.131 e. The third kappa shape index (κ3) is 3.13. The third-order valence-corrected chi connectivity index (χ3v) is 4.34. The Balaban J connectivity index is 2.18. The Labute approximate surface area is 108 Å². The molecular weight excluding hydrogens is 230 g/mol. The van der Waals surface area contributed by atoms with Gasteiger partial charge in [-0.05, 0) is 37.1 Å². The summed E-state index contributed by atoms with van der Waals surface area (Å²) in [6.07, 6.45) is 4.03. The van der Waals surface area contributed by atoms with Gasteiger partial charge in [-0.1, -0.05) is 6.07 Å². The van der Waals surface area contributed by atoms with E-state index in [1.54, 1.807) is 0 Å². The topological polar surface area (TPSA) is 42.1 Å². The van der Waals surface area contributed by atoms with Crippen molar-refractivity contribution in [3.63, 3.8) is 0 Å². The molecule has 1 fully saturated rings. The van der Waals surface area contributed by atoms with Crippen LogP contribution >= 0.6 is 11.8 Å². The largest absolute Gasteiger partial charge is 0.356 e. The zero-order valence-electron chi connectivity index (χ0n) is 10.6. The minimum Gasteiger partial charge on any atom is -0.356 e. The lowest BCUT2D eigenvalue weighted by atomic mass is 10.1. The summed E-state index contributed by atoms with van der Waals surface area (Å²) < 4.78 is 0. The van der Waals surface area contributed by atoms with Gasteiger partial charge in [0.15, 0.2) is 0 Å². The van der Waals surface area contributed by atoms with Gasteiger partial charge in [0.05, 0.1) is 0 Å². The van der Waals surface area contributed by atoms with Crippen LogP contribution in [0.2, 0.25) is 0 Å². The van der Waals surface area contributed by atoms with Gasteiger partial charge in [-0.25, -0.2) is 4.98 Å². The van der Waals surface area contributed by atoms with Gasteiger partial charge in [0.2, 0.25) is 0 Å².